The van der Waals surface area contributed by atoms with Crippen LogP contribution in [-0.4, -0.2) is 0 Å². The standard InChI is InChI=1S/C7H10S/c1-4-7(3)6-8-5-2/h4-6H,1-2H2,3H3/b7-6+. The van der Waals surface area contributed by atoms with Gasteiger partial charge in [0.15, 0.2) is 0 Å². The van der Waals surface area contributed by atoms with Crippen molar-refractivity contribution in [3.05, 3.63) is 35.6 Å². The molecule has 0 spiro atoms. The van der Waals surface area contributed by atoms with Gasteiger partial charge in [-0.25, -0.2) is 0 Å². The van der Waals surface area contributed by atoms with E-state index in [0.29, 0.717) is 0 Å². The summed E-state index contributed by atoms with van der Waals surface area (Å²) < 4.78 is 0. The van der Waals surface area contributed by atoms with Crippen LogP contribution in [0.15, 0.2) is 35.6 Å². The molecule has 0 nitrogen and oxygen atoms in total. The van der Waals surface area contributed by atoms with Crippen molar-refractivity contribution in [3.8, 4) is 0 Å². The zero-order chi connectivity index (χ0) is 6.41. The molecule has 0 saturated carbocycles. The molecular weight excluding hydrogens is 116 g/mol. The molecule has 0 aromatic carbocycles. The van der Waals surface area contributed by atoms with E-state index >= 15 is 0 Å². The van der Waals surface area contributed by atoms with Crippen LogP contribution in [0, 0.1) is 0 Å². The van der Waals surface area contributed by atoms with Gasteiger partial charge in [0.05, 0.1) is 0 Å². The summed E-state index contributed by atoms with van der Waals surface area (Å²) in [7, 11) is 0. The second-order valence-electron chi connectivity index (χ2n) is 1.37. The van der Waals surface area contributed by atoms with Gasteiger partial charge in [-0.3, -0.25) is 0 Å². The average molecular weight is 126 g/mol. The van der Waals surface area contributed by atoms with Crippen molar-refractivity contribution in [2.75, 3.05) is 0 Å². The molecule has 0 amide bonds. The largest absolute Gasteiger partial charge is 0.106 e. The predicted octanol–water partition coefficient (Wildman–Crippen LogP) is 2.95. The maximum atomic E-state index is 3.60. The van der Waals surface area contributed by atoms with Gasteiger partial charge in [-0.2, -0.15) is 0 Å². The quantitative estimate of drug-likeness (QED) is 0.524. The van der Waals surface area contributed by atoms with Crippen molar-refractivity contribution < 1.29 is 0 Å². The molecule has 0 saturated heterocycles. The first-order chi connectivity index (χ1) is 3.81. The molecule has 0 bridgehead atoms. The number of thioether (sulfide) groups is 1. The number of allylic oxidation sites excluding steroid dienone is 2. The maximum absolute atomic E-state index is 3.60. The van der Waals surface area contributed by atoms with Gasteiger partial charge in [-0.15, -0.1) is 11.8 Å². The molecule has 0 atom stereocenters. The van der Waals surface area contributed by atoms with Crippen LogP contribution in [0.3, 0.4) is 0 Å². The highest BCUT2D eigenvalue weighted by Crippen LogP contribution is 2.06. The van der Waals surface area contributed by atoms with Crippen LogP contribution in [0.5, 0.6) is 0 Å². The van der Waals surface area contributed by atoms with Crippen LogP contribution in [0.4, 0.5) is 0 Å². The lowest BCUT2D eigenvalue weighted by Crippen LogP contribution is -1.58. The highest BCUT2D eigenvalue weighted by molar-refractivity contribution is 8.04. The van der Waals surface area contributed by atoms with E-state index in [4.69, 9.17) is 0 Å². The summed E-state index contributed by atoms with van der Waals surface area (Å²) in [5.74, 6) is 0. The number of rotatable bonds is 3. The Hall–Kier alpha value is -0.430. The van der Waals surface area contributed by atoms with Crippen molar-refractivity contribution in [2.24, 2.45) is 0 Å². The Kier molecular flexibility index (Phi) is 4.47. The topological polar surface area (TPSA) is 0 Å². The number of hydrogen-bond donors (Lipinski definition) is 0. The minimum absolute atomic E-state index is 1.18. The van der Waals surface area contributed by atoms with Crippen LogP contribution < -0.4 is 0 Å². The third-order valence-corrected chi connectivity index (χ3v) is 1.37. The van der Waals surface area contributed by atoms with Crippen LogP contribution in [0.1, 0.15) is 6.92 Å². The van der Waals surface area contributed by atoms with Gasteiger partial charge >= 0.3 is 0 Å². The minimum Gasteiger partial charge on any atom is -0.106 e. The fourth-order valence-corrected chi connectivity index (χ4v) is 0.611. The van der Waals surface area contributed by atoms with E-state index < -0.39 is 0 Å². The molecule has 0 N–H and O–H groups in total. The number of hydrogen-bond acceptors (Lipinski definition) is 1. The Morgan fingerprint density at radius 1 is 1.50 bits per heavy atom. The van der Waals surface area contributed by atoms with Crippen LogP contribution in [0.25, 0.3) is 0 Å². The lowest BCUT2D eigenvalue weighted by molar-refractivity contribution is 1.57. The molecule has 0 unspecified atom stereocenters. The van der Waals surface area contributed by atoms with E-state index in [9.17, 15) is 0 Å². The van der Waals surface area contributed by atoms with Gasteiger partial charge in [0.1, 0.15) is 0 Å². The molecule has 0 aliphatic heterocycles. The Balaban J connectivity index is 3.56. The van der Waals surface area contributed by atoms with Crippen molar-refractivity contribution in [1.82, 2.24) is 0 Å². The summed E-state index contributed by atoms with van der Waals surface area (Å²) in [6.07, 6.45) is 1.82. The predicted molar refractivity (Wildman–Crippen MR) is 41.7 cm³/mol. The van der Waals surface area contributed by atoms with Gasteiger partial charge in [-0.1, -0.05) is 19.2 Å². The van der Waals surface area contributed by atoms with E-state index in [1.165, 1.54) is 5.57 Å². The van der Waals surface area contributed by atoms with E-state index in [2.05, 4.69) is 13.2 Å². The fraction of sp³-hybridized carbons (Fsp3) is 0.143. The lowest BCUT2D eigenvalue weighted by atomic mass is 10.4. The van der Waals surface area contributed by atoms with Gasteiger partial charge in [0.25, 0.3) is 0 Å². The molecule has 0 radical (unpaired) electrons. The first-order valence-electron chi connectivity index (χ1n) is 2.37. The summed E-state index contributed by atoms with van der Waals surface area (Å²) in [5, 5.41) is 3.78. The normalized spacial score (nSPS) is 10.9. The van der Waals surface area contributed by atoms with E-state index in [1.54, 1.807) is 17.2 Å². The summed E-state index contributed by atoms with van der Waals surface area (Å²) >= 11 is 1.57. The molecule has 0 aliphatic carbocycles. The second kappa shape index (κ2) is 4.72. The van der Waals surface area contributed by atoms with Gasteiger partial charge < -0.3 is 0 Å². The molecule has 44 valence electrons. The Labute approximate surface area is 55.0 Å². The first kappa shape index (κ1) is 7.57. The van der Waals surface area contributed by atoms with Crippen molar-refractivity contribution in [2.45, 2.75) is 6.92 Å². The molecule has 1 heteroatoms. The molecule has 0 aromatic heterocycles. The minimum atomic E-state index is 1.18. The molecule has 0 aromatic rings. The van der Waals surface area contributed by atoms with E-state index in [-0.39, 0.29) is 0 Å². The Morgan fingerprint density at radius 2 is 2.12 bits per heavy atom. The average Bonchev–Trinajstić information content (AvgIpc) is 1.83. The van der Waals surface area contributed by atoms with Crippen molar-refractivity contribution in [3.63, 3.8) is 0 Å². The summed E-state index contributed by atoms with van der Waals surface area (Å²) in [6, 6.07) is 0. The third-order valence-electron chi connectivity index (χ3n) is 0.672. The summed E-state index contributed by atoms with van der Waals surface area (Å²) in [4.78, 5) is 0. The Morgan fingerprint density at radius 3 is 2.50 bits per heavy atom. The smallest absolute Gasteiger partial charge is 0.0219 e. The first-order valence-corrected chi connectivity index (χ1v) is 3.31. The lowest BCUT2D eigenvalue weighted by Gasteiger charge is -1.84. The van der Waals surface area contributed by atoms with Crippen LogP contribution in [-0.2, 0) is 0 Å². The third kappa shape index (κ3) is 3.75. The van der Waals surface area contributed by atoms with Gasteiger partial charge in [-0.05, 0) is 23.3 Å². The molecule has 0 aliphatic rings. The molecule has 0 fully saturated rings. The van der Waals surface area contributed by atoms with Crippen molar-refractivity contribution >= 4 is 11.8 Å². The van der Waals surface area contributed by atoms with E-state index in [1.807, 2.05) is 18.4 Å². The molecular formula is C7H10S. The van der Waals surface area contributed by atoms with Gasteiger partial charge in [0, 0.05) is 0 Å². The van der Waals surface area contributed by atoms with Crippen molar-refractivity contribution in [1.29, 1.82) is 0 Å². The fourth-order valence-electron chi connectivity index (χ4n) is 0.204. The van der Waals surface area contributed by atoms with Crippen LogP contribution in [0.2, 0.25) is 0 Å². The highest BCUT2D eigenvalue weighted by Gasteiger charge is 1.74. The van der Waals surface area contributed by atoms with Gasteiger partial charge in [0.2, 0.25) is 0 Å². The second-order valence-corrected chi connectivity index (χ2v) is 2.21. The SMILES string of the molecule is C=CS/C=C(\C)C=C. The molecule has 0 rings (SSSR count). The molecule has 8 heavy (non-hydrogen) atoms. The summed E-state index contributed by atoms with van der Waals surface area (Å²) in [6.45, 7) is 9.15. The van der Waals surface area contributed by atoms with Crippen LogP contribution >= 0.6 is 11.8 Å². The van der Waals surface area contributed by atoms with E-state index in [0.717, 1.165) is 0 Å². The zero-order valence-electron chi connectivity index (χ0n) is 5.05. The molecule has 0 heterocycles. The Bertz CT molecular complexity index is 112. The summed E-state index contributed by atoms with van der Waals surface area (Å²) in [5.41, 5.74) is 1.18. The highest BCUT2D eigenvalue weighted by atomic mass is 32.2. The zero-order valence-corrected chi connectivity index (χ0v) is 5.87. The monoisotopic (exact) mass is 126 g/mol. The maximum Gasteiger partial charge on any atom is -0.0219 e.